The van der Waals surface area contributed by atoms with Crippen molar-refractivity contribution in [2.24, 2.45) is 5.92 Å². The molecular formula is C21H25N3OS2. The van der Waals surface area contributed by atoms with Gasteiger partial charge in [0.15, 0.2) is 5.11 Å². The molecule has 1 fully saturated rings. The number of nitrogens with one attached hydrogen (secondary N) is 2. The minimum atomic E-state index is 0.123. The van der Waals surface area contributed by atoms with Crippen molar-refractivity contribution in [3.63, 3.8) is 0 Å². The Morgan fingerprint density at radius 1 is 1.11 bits per heavy atom. The Kier molecular flexibility index (Phi) is 5.74. The van der Waals surface area contributed by atoms with E-state index in [1.54, 1.807) is 0 Å². The van der Waals surface area contributed by atoms with E-state index in [9.17, 15) is 4.79 Å². The highest BCUT2D eigenvalue weighted by Gasteiger charge is 2.20. The van der Waals surface area contributed by atoms with Gasteiger partial charge in [0.2, 0.25) is 5.91 Å². The maximum atomic E-state index is 12.2. The third-order valence-electron chi connectivity index (χ3n) is 5.46. The Hall–Kier alpha value is -1.92. The Labute approximate surface area is 170 Å². The van der Waals surface area contributed by atoms with Gasteiger partial charge in [-0.3, -0.25) is 4.79 Å². The lowest BCUT2D eigenvalue weighted by atomic mass is 10.0. The van der Waals surface area contributed by atoms with Crippen LogP contribution in [-0.2, 0) is 17.8 Å². The number of thiophene rings is 1. The lowest BCUT2D eigenvalue weighted by molar-refractivity contribution is -0.117. The van der Waals surface area contributed by atoms with Crippen molar-refractivity contribution in [3.8, 4) is 0 Å². The highest BCUT2D eigenvalue weighted by molar-refractivity contribution is 7.80. The first-order chi connectivity index (χ1) is 13.2. The van der Waals surface area contributed by atoms with Crippen LogP contribution in [0.15, 0.2) is 35.7 Å². The standard InChI is InChI=1S/C21H25N3OS2/c25-20(13-15-3-1-2-4-15)22-17-5-7-18(8-6-17)23-21(26)24-11-9-19-16(14-24)10-12-27-19/h5-8,10,12,15H,1-4,9,11,13-14H2,(H,22,25)(H,23,26). The summed E-state index contributed by atoms with van der Waals surface area (Å²) in [6, 6.07) is 10.0. The molecule has 4 rings (SSSR count). The second-order valence-electron chi connectivity index (χ2n) is 7.45. The fourth-order valence-electron chi connectivity index (χ4n) is 3.95. The molecule has 142 valence electrons. The van der Waals surface area contributed by atoms with E-state index >= 15 is 0 Å². The van der Waals surface area contributed by atoms with E-state index in [1.807, 2.05) is 35.6 Å². The fraction of sp³-hybridized carbons (Fsp3) is 0.429. The summed E-state index contributed by atoms with van der Waals surface area (Å²) < 4.78 is 0. The minimum absolute atomic E-state index is 0.123. The highest BCUT2D eigenvalue weighted by atomic mass is 32.1. The number of hydrogen-bond donors (Lipinski definition) is 2. The molecule has 2 N–H and O–H groups in total. The zero-order valence-corrected chi connectivity index (χ0v) is 17.0. The van der Waals surface area contributed by atoms with Crippen LogP contribution in [0.5, 0.6) is 0 Å². The quantitative estimate of drug-likeness (QED) is 0.709. The summed E-state index contributed by atoms with van der Waals surface area (Å²) in [6.07, 6.45) is 6.62. The van der Waals surface area contributed by atoms with Crippen LogP contribution in [0.3, 0.4) is 0 Å². The molecule has 0 spiro atoms. The van der Waals surface area contributed by atoms with Gasteiger partial charge in [0.1, 0.15) is 0 Å². The van der Waals surface area contributed by atoms with Crippen LogP contribution in [0.2, 0.25) is 0 Å². The summed E-state index contributed by atoms with van der Waals surface area (Å²) in [5.41, 5.74) is 3.18. The average Bonchev–Trinajstić information content (AvgIpc) is 3.34. The maximum absolute atomic E-state index is 12.2. The van der Waals surface area contributed by atoms with Crippen LogP contribution >= 0.6 is 23.6 Å². The molecule has 0 unspecified atom stereocenters. The Morgan fingerprint density at radius 3 is 2.56 bits per heavy atom. The Bertz CT molecular complexity index is 809. The minimum Gasteiger partial charge on any atom is -0.344 e. The molecule has 2 aliphatic rings. The van der Waals surface area contributed by atoms with Gasteiger partial charge in [-0.15, -0.1) is 11.3 Å². The summed E-state index contributed by atoms with van der Waals surface area (Å²) in [4.78, 5) is 15.9. The normalized spacial score (nSPS) is 16.8. The summed E-state index contributed by atoms with van der Waals surface area (Å²) in [7, 11) is 0. The molecule has 0 radical (unpaired) electrons. The average molecular weight is 400 g/mol. The number of carbonyl (C=O) groups excluding carboxylic acids is 1. The number of rotatable bonds is 4. The number of thiocarbonyl (C=S) groups is 1. The lowest BCUT2D eigenvalue weighted by Crippen LogP contribution is -2.38. The molecule has 0 saturated heterocycles. The van der Waals surface area contributed by atoms with Crippen molar-refractivity contribution in [2.45, 2.75) is 45.1 Å². The first kappa shape index (κ1) is 18.4. The highest BCUT2D eigenvalue weighted by Crippen LogP contribution is 2.28. The van der Waals surface area contributed by atoms with E-state index in [1.165, 1.54) is 36.1 Å². The van der Waals surface area contributed by atoms with Crippen molar-refractivity contribution >= 4 is 45.9 Å². The number of amides is 1. The number of nitrogens with zero attached hydrogens (tertiary/aromatic N) is 1. The molecule has 0 bridgehead atoms. The van der Waals surface area contributed by atoms with Gasteiger partial charge in [-0.25, -0.2) is 0 Å². The van der Waals surface area contributed by atoms with E-state index in [4.69, 9.17) is 12.2 Å². The van der Waals surface area contributed by atoms with Crippen molar-refractivity contribution in [3.05, 3.63) is 46.2 Å². The Morgan fingerprint density at radius 2 is 1.81 bits per heavy atom. The zero-order chi connectivity index (χ0) is 18.6. The molecule has 1 saturated carbocycles. The van der Waals surface area contributed by atoms with Crippen LogP contribution in [0.1, 0.15) is 42.5 Å². The van der Waals surface area contributed by atoms with Crippen molar-refractivity contribution < 1.29 is 4.79 Å². The number of benzene rings is 1. The first-order valence-corrected chi connectivity index (χ1v) is 11.0. The molecule has 2 heterocycles. The van der Waals surface area contributed by atoms with E-state index < -0.39 is 0 Å². The predicted molar refractivity (Wildman–Crippen MR) is 116 cm³/mol. The molecule has 6 heteroatoms. The van der Waals surface area contributed by atoms with Crippen molar-refractivity contribution in [1.29, 1.82) is 0 Å². The third-order valence-corrected chi connectivity index (χ3v) is 6.85. The van der Waals surface area contributed by atoms with Crippen LogP contribution in [-0.4, -0.2) is 22.5 Å². The second kappa shape index (κ2) is 8.40. The van der Waals surface area contributed by atoms with Gasteiger partial charge in [0.25, 0.3) is 0 Å². The smallest absolute Gasteiger partial charge is 0.224 e. The van der Waals surface area contributed by atoms with Gasteiger partial charge in [0, 0.05) is 35.8 Å². The van der Waals surface area contributed by atoms with E-state index in [2.05, 4.69) is 27.0 Å². The largest absolute Gasteiger partial charge is 0.344 e. The molecule has 0 atom stereocenters. The zero-order valence-electron chi connectivity index (χ0n) is 15.4. The number of fused-ring (bicyclic) bond motifs is 1. The molecular weight excluding hydrogens is 374 g/mol. The molecule has 1 amide bonds. The maximum Gasteiger partial charge on any atom is 0.224 e. The van der Waals surface area contributed by atoms with Crippen molar-refractivity contribution in [2.75, 3.05) is 17.2 Å². The molecule has 2 aromatic rings. The summed E-state index contributed by atoms with van der Waals surface area (Å²) >= 11 is 7.42. The van der Waals surface area contributed by atoms with Gasteiger partial charge in [-0.1, -0.05) is 12.8 Å². The lowest BCUT2D eigenvalue weighted by Gasteiger charge is -2.29. The van der Waals surface area contributed by atoms with Gasteiger partial charge >= 0.3 is 0 Å². The molecule has 1 aliphatic heterocycles. The number of carbonyl (C=O) groups is 1. The Balaban J connectivity index is 1.28. The monoisotopic (exact) mass is 399 g/mol. The topological polar surface area (TPSA) is 44.4 Å². The second-order valence-corrected chi connectivity index (χ2v) is 8.84. The summed E-state index contributed by atoms with van der Waals surface area (Å²) in [6.45, 7) is 1.83. The van der Waals surface area contributed by atoms with Gasteiger partial charge < -0.3 is 15.5 Å². The van der Waals surface area contributed by atoms with Gasteiger partial charge in [-0.2, -0.15) is 0 Å². The van der Waals surface area contributed by atoms with E-state index in [0.29, 0.717) is 12.3 Å². The first-order valence-electron chi connectivity index (χ1n) is 9.68. The van der Waals surface area contributed by atoms with E-state index in [-0.39, 0.29) is 5.91 Å². The van der Waals surface area contributed by atoms with Crippen LogP contribution in [0.4, 0.5) is 11.4 Å². The van der Waals surface area contributed by atoms with Crippen LogP contribution < -0.4 is 10.6 Å². The predicted octanol–water partition coefficient (Wildman–Crippen LogP) is 5.02. The van der Waals surface area contributed by atoms with E-state index in [0.717, 1.165) is 36.0 Å². The molecule has 27 heavy (non-hydrogen) atoms. The van der Waals surface area contributed by atoms with Gasteiger partial charge in [-0.05, 0) is 78.7 Å². The summed E-state index contributed by atoms with van der Waals surface area (Å²) in [5, 5.41) is 9.25. The molecule has 1 aromatic carbocycles. The SMILES string of the molecule is O=C(CC1CCCC1)Nc1ccc(NC(=S)N2CCc3sccc3C2)cc1. The van der Waals surface area contributed by atoms with Crippen LogP contribution in [0.25, 0.3) is 0 Å². The molecule has 1 aliphatic carbocycles. The third kappa shape index (κ3) is 4.68. The van der Waals surface area contributed by atoms with Gasteiger partial charge in [0.05, 0.1) is 0 Å². The van der Waals surface area contributed by atoms with Crippen molar-refractivity contribution in [1.82, 2.24) is 4.90 Å². The fourth-order valence-corrected chi connectivity index (χ4v) is 5.11. The summed E-state index contributed by atoms with van der Waals surface area (Å²) in [5.74, 6) is 0.689. The number of hydrogen-bond acceptors (Lipinski definition) is 3. The van der Waals surface area contributed by atoms with Crippen LogP contribution in [0, 0.1) is 5.92 Å². The number of anilines is 2. The molecule has 4 nitrogen and oxygen atoms in total. The molecule has 1 aromatic heterocycles.